The Labute approximate surface area is 127 Å². The molecule has 0 aromatic carbocycles. The van der Waals surface area contributed by atoms with Crippen LogP contribution in [0.1, 0.15) is 25.8 Å². The smallest absolute Gasteiger partial charge is 0.153 e. The van der Waals surface area contributed by atoms with Gasteiger partial charge in [-0.2, -0.15) is 5.26 Å². The van der Waals surface area contributed by atoms with Crippen LogP contribution in [-0.4, -0.2) is 27.2 Å². The molecule has 20 heavy (non-hydrogen) atoms. The lowest BCUT2D eigenvalue weighted by molar-refractivity contribution is 0.0750. The lowest BCUT2D eigenvalue weighted by Crippen LogP contribution is -2.07. The van der Waals surface area contributed by atoms with Crippen molar-refractivity contribution < 1.29 is 4.74 Å². The maximum absolute atomic E-state index is 9.22. The Morgan fingerprint density at radius 1 is 1.60 bits per heavy atom. The van der Waals surface area contributed by atoms with Gasteiger partial charge in [0.05, 0.1) is 17.9 Å². The van der Waals surface area contributed by atoms with Gasteiger partial charge >= 0.3 is 0 Å². The van der Waals surface area contributed by atoms with E-state index in [1.54, 1.807) is 0 Å². The van der Waals surface area contributed by atoms with E-state index in [4.69, 9.17) is 28.6 Å². The highest BCUT2D eigenvalue weighted by atomic mass is 35.5. The molecule has 2 aromatic rings. The van der Waals surface area contributed by atoms with Gasteiger partial charge in [0.25, 0.3) is 0 Å². The fraction of sp³-hybridized carbons (Fsp3) is 0.462. The van der Waals surface area contributed by atoms with Crippen LogP contribution in [0.5, 0.6) is 0 Å². The van der Waals surface area contributed by atoms with Crippen molar-refractivity contribution in [2.75, 3.05) is 6.61 Å². The second kappa shape index (κ2) is 6.35. The standard InChI is InChI=1S/C13H15ClN4OS/c1-8(2)19-5-3-4-18-11-10(9(6-15)12(18)14)16-7-17-13(11)20/h7-8H,3-5H2,1-2H3,(H,16,17,20). The normalized spacial score (nSPS) is 11.2. The Bertz CT molecular complexity index is 713. The quantitative estimate of drug-likeness (QED) is 0.678. The molecule has 0 aliphatic heterocycles. The molecular weight excluding hydrogens is 296 g/mol. The van der Waals surface area contributed by atoms with E-state index < -0.39 is 0 Å². The van der Waals surface area contributed by atoms with Crippen LogP contribution in [0.4, 0.5) is 0 Å². The summed E-state index contributed by atoms with van der Waals surface area (Å²) in [5, 5.41) is 9.61. The maximum atomic E-state index is 9.22. The summed E-state index contributed by atoms with van der Waals surface area (Å²) in [6.07, 6.45) is 2.47. The highest BCUT2D eigenvalue weighted by molar-refractivity contribution is 7.71. The summed E-state index contributed by atoms with van der Waals surface area (Å²) < 4.78 is 7.77. The van der Waals surface area contributed by atoms with Gasteiger partial charge in [0.15, 0.2) is 4.64 Å². The summed E-state index contributed by atoms with van der Waals surface area (Å²) in [6, 6.07) is 2.11. The molecule has 0 aliphatic carbocycles. The molecule has 0 atom stereocenters. The minimum absolute atomic E-state index is 0.200. The first-order chi connectivity index (χ1) is 9.56. The molecular formula is C13H15ClN4OS. The summed E-state index contributed by atoms with van der Waals surface area (Å²) >= 11 is 11.5. The number of hydrogen-bond acceptors (Lipinski definition) is 4. The lowest BCUT2D eigenvalue weighted by Gasteiger charge is -2.09. The molecule has 0 saturated heterocycles. The van der Waals surface area contributed by atoms with Crippen molar-refractivity contribution in [2.24, 2.45) is 0 Å². The number of nitriles is 1. The molecule has 0 radical (unpaired) electrons. The first kappa shape index (κ1) is 15.0. The molecule has 0 bridgehead atoms. The van der Waals surface area contributed by atoms with Gasteiger partial charge in [0, 0.05) is 13.2 Å². The fourth-order valence-electron chi connectivity index (χ4n) is 2.02. The predicted molar refractivity (Wildman–Crippen MR) is 80.3 cm³/mol. The van der Waals surface area contributed by atoms with Gasteiger partial charge in [0.1, 0.15) is 22.3 Å². The monoisotopic (exact) mass is 310 g/mol. The molecule has 5 nitrogen and oxygen atoms in total. The minimum atomic E-state index is 0.200. The molecule has 2 heterocycles. The van der Waals surface area contributed by atoms with E-state index in [0.29, 0.717) is 39.5 Å². The van der Waals surface area contributed by atoms with E-state index in [2.05, 4.69) is 16.0 Å². The average molecular weight is 311 g/mol. The van der Waals surface area contributed by atoms with Crippen molar-refractivity contribution in [1.82, 2.24) is 14.5 Å². The molecule has 1 N–H and O–H groups in total. The van der Waals surface area contributed by atoms with Gasteiger partial charge in [-0.05, 0) is 20.3 Å². The second-order valence-corrected chi connectivity index (χ2v) is 5.38. The van der Waals surface area contributed by atoms with Crippen LogP contribution in [0.25, 0.3) is 11.0 Å². The van der Waals surface area contributed by atoms with Gasteiger partial charge < -0.3 is 14.3 Å². The highest BCUT2D eigenvalue weighted by Gasteiger charge is 2.17. The number of aromatic nitrogens is 3. The molecule has 0 amide bonds. The number of aryl methyl sites for hydroxylation is 1. The largest absolute Gasteiger partial charge is 0.379 e. The third kappa shape index (κ3) is 2.85. The number of rotatable bonds is 5. The van der Waals surface area contributed by atoms with Crippen LogP contribution >= 0.6 is 23.8 Å². The number of nitrogens with zero attached hydrogens (tertiary/aromatic N) is 3. The van der Waals surface area contributed by atoms with Crippen molar-refractivity contribution in [3.63, 3.8) is 0 Å². The lowest BCUT2D eigenvalue weighted by atomic mass is 10.3. The first-order valence-corrected chi connectivity index (χ1v) is 7.12. The molecule has 0 unspecified atom stereocenters. The Morgan fingerprint density at radius 3 is 3.00 bits per heavy atom. The fourth-order valence-corrected chi connectivity index (χ4v) is 2.59. The van der Waals surface area contributed by atoms with Crippen LogP contribution in [0, 0.1) is 16.0 Å². The number of H-pyrrole nitrogens is 1. The van der Waals surface area contributed by atoms with E-state index in [9.17, 15) is 5.26 Å². The zero-order valence-electron chi connectivity index (χ0n) is 11.3. The number of halogens is 1. The molecule has 7 heteroatoms. The predicted octanol–water partition coefficient (Wildman–Crippen LogP) is 3.43. The van der Waals surface area contributed by atoms with Crippen molar-refractivity contribution >= 4 is 34.9 Å². The van der Waals surface area contributed by atoms with Crippen LogP contribution in [0.2, 0.25) is 5.15 Å². The molecule has 0 saturated carbocycles. The SMILES string of the molecule is CC(C)OCCCn1c(Cl)c(C#N)c2[nH]cnc(=S)c21. The van der Waals surface area contributed by atoms with Crippen molar-refractivity contribution in [2.45, 2.75) is 32.9 Å². The number of aromatic amines is 1. The van der Waals surface area contributed by atoms with Crippen LogP contribution in [0.3, 0.4) is 0 Å². The van der Waals surface area contributed by atoms with E-state index in [-0.39, 0.29) is 6.10 Å². The average Bonchev–Trinajstić information content (AvgIpc) is 2.68. The Kier molecular flexibility index (Phi) is 4.76. The zero-order chi connectivity index (χ0) is 14.7. The van der Waals surface area contributed by atoms with Crippen molar-refractivity contribution in [1.29, 1.82) is 5.26 Å². The third-order valence-electron chi connectivity index (χ3n) is 2.88. The molecule has 2 aromatic heterocycles. The Morgan fingerprint density at radius 2 is 2.35 bits per heavy atom. The molecule has 0 fully saturated rings. The number of ether oxygens (including phenoxy) is 1. The van der Waals surface area contributed by atoms with Gasteiger partial charge in [-0.1, -0.05) is 23.8 Å². The molecule has 0 aliphatic rings. The number of fused-ring (bicyclic) bond motifs is 1. The first-order valence-electron chi connectivity index (χ1n) is 6.33. The summed E-state index contributed by atoms with van der Waals surface area (Å²) in [6.45, 7) is 5.25. The van der Waals surface area contributed by atoms with Crippen molar-refractivity contribution in [3.05, 3.63) is 21.7 Å². The van der Waals surface area contributed by atoms with Gasteiger partial charge in [-0.15, -0.1) is 0 Å². The van der Waals surface area contributed by atoms with E-state index in [1.165, 1.54) is 6.33 Å². The summed E-state index contributed by atoms with van der Waals surface area (Å²) in [5.74, 6) is 0. The highest BCUT2D eigenvalue weighted by Crippen LogP contribution is 2.28. The summed E-state index contributed by atoms with van der Waals surface area (Å²) in [5.41, 5.74) is 1.75. The minimum Gasteiger partial charge on any atom is -0.379 e. The summed E-state index contributed by atoms with van der Waals surface area (Å²) in [7, 11) is 0. The van der Waals surface area contributed by atoms with E-state index in [0.717, 1.165) is 6.42 Å². The van der Waals surface area contributed by atoms with Crippen LogP contribution < -0.4 is 0 Å². The van der Waals surface area contributed by atoms with E-state index >= 15 is 0 Å². The molecule has 0 spiro atoms. The Balaban J connectivity index is 2.36. The number of hydrogen-bond donors (Lipinski definition) is 1. The maximum Gasteiger partial charge on any atom is 0.153 e. The topological polar surface area (TPSA) is 66.6 Å². The summed E-state index contributed by atoms with van der Waals surface area (Å²) in [4.78, 5) is 7.00. The van der Waals surface area contributed by atoms with E-state index in [1.807, 2.05) is 18.4 Å². The van der Waals surface area contributed by atoms with Crippen LogP contribution in [0.15, 0.2) is 6.33 Å². The van der Waals surface area contributed by atoms with Gasteiger partial charge in [-0.25, -0.2) is 4.98 Å². The molecule has 2 rings (SSSR count). The second-order valence-electron chi connectivity index (χ2n) is 4.63. The van der Waals surface area contributed by atoms with Crippen LogP contribution in [-0.2, 0) is 11.3 Å². The van der Waals surface area contributed by atoms with Gasteiger partial charge in [-0.3, -0.25) is 0 Å². The number of nitrogens with one attached hydrogen (secondary N) is 1. The Hall–Kier alpha value is -1.42. The zero-order valence-corrected chi connectivity index (χ0v) is 12.9. The third-order valence-corrected chi connectivity index (χ3v) is 3.57. The van der Waals surface area contributed by atoms with Crippen molar-refractivity contribution in [3.8, 4) is 6.07 Å². The van der Waals surface area contributed by atoms with Gasteiger partial charge in [0.2, 0.25) is 0 Å². The molecule has 106 valence electrons.